The Balaban J connectivity index is 4.14. The summed E-state index contributed by atoms with van der Waals surface area (Å²) in [6.45, 7) is 10.6. The zero-order valence-electron chi connectivity index (χ0n) is 13.5. The fourth-order valence-electron chi connectivity index (χ4n) is 1.32. The maximum Gasteiger partial charge on any atom is 0.221 e. The van der Waals surface area contributed by atoms with Crippen LogP contribution in [0.15, 0.2) is 4.99 Å². The first-order valence-electron chi connectivity index (χ1n) is 7.29. The molecule has 118 valence electrons. The van der Waals surface area contributed by atoms with Crippen molar-refractivity contribution in [3.63, 3.8) is 0 Å². The highest BCUT2D eigenvalue weighted by Crippen LogP contribution is 2.06. The highest BCUT2D eigenvalue weighted by molar-refractivity contribution is 5.81. The van der Waals surface area contributed by atoms with Gasteiger partial charge in [-0.05, 0) is 27.2 Å². The van der Waals surface area contributed by atoms with Crippen LogP contribution < -0.4 is 16.0 Å². The molecule has 0 aromatic carbocycles. The lowest BCUT2D eigenvalue weighted by Crippen LogP contribution is -2.40. The highest BCUT2D eigenvalue weighted by Gasteiger charge is 2.15. The number of hydrogen-bond acceptors (Lipinski definition) is 3. The van der Waals surface area contributed by atoms with E-state index in [1.165, 1.54) is 0 Å². The van der Waals surface area contributed by atoms with Gasteiger partial charge >= 0.3 is 0 Å². The van der Waals surface area contributed by atoms with Gasteiger partial charge < -0.3 is 20.7 Å². The number of hydrogen-bond donors (Lipinski definition) is 3. The Morgan fingerprint density at radius 1 is 1.15 bits per heavy atom. The maximum absolute atomic E-state index is 11.5. The summed E-state index contributed by atoms with van der Waals surface area (Å²) in [6.07, 6.45) is 1.40. The smallest absolute Gasteiger partial charge is 0.221 e. The van der Waals surface area contributed by atoms with E-state index in [2.05, 4.69) is 20.9 Å². The van der Waals surface area contributed by atoms with Crippen molar-refractivity contribution in [2.45, 2.75) is 46.1 Å². The molecule has 0 aliphatic rings. The van der Waals surface area contributed by atoms with E-state index >= 15 is 0 Å². The Hall–Kier alpha value is -1.30. The van der Waals surface area contributed by atoms with Gasteiger partial charge in [-0.25, -0.2) is 0 Å². The van der Waals surface area contributed by atoms with Crippen LogP contribution in [-0.2, 0) is 9.53 Å². The van der Waals surface area contributed by atoms with Crippen LogP contribution in [0.1, 0.15) is 40.5 Å². The van der Waals surface area contributed by atoms with E-state index in [0.29, 0.717) is 25.5 Å². The molecule has 0 saturated carbocycles. The molecule has 0 heterocycles. The molecule has 0 spiro atoms. The van der Waals surface area contributed by atoms with E-state index in [1.807, 2.05) is 27.7 Å². The molecule has 3 N–H and O–H groups in total. The largest absolute Gasteiger partial charge is 0.377 e. The van der Waals surface area contributed by atoms with Crippen molar-refractivity contribution < 1.29 is 9.53 Å². The summed E-state index contributed by atoms with van der Waals surface area (Å²) in [4.78, 5) is 15.9. The number of methoxy groups -OCH3 is 1. The Morgan fingerprint density at radius 2 is 1.85 bits per heavy atom. The van der Waals surface area contributed by atoms with Crippen LogP contribution in [-0.4, -0.2) is 50.8 Å². The van der Waals surface area contributed by atoms with Crippen LogP contribution in [0.3, 0.4) is 0 Å². The van der Waals surface area contributed by atoms with Crippen LogP contribution in [0, 0.1) is 0 Å². The lowest BCUT2D eigenvalue weighted by atomic mass is 10.1. The topological polar surface area (TPSA) is 74.8 Å². The number of nitrogens with one attached hydrogen (secondary N) is 3. The van der Waals surface area contributed by atoms with Crippen molar-refractivity contribution in [1.29, 1.82) is 0 Å². The van der Waals surface area contributed by atoms with Crippen molar-refractivity contribution in [2.24, 2.45) is 4.99 Å². The van der Waals surface area contributed by atoms with Gasteiger partial charge in [0.2, 0.25) is 5.91 Å². The van der Waals surface area contributed by atoms with E-state index in [0.717, 1.165) is 19.5 Å². The van der Waals surface area contributed by atoms with Gasteiger partial charge in [0, 0.05) is 33.2 Å². The number of rotatable bonds is 9. The van der Waals surface area contributed by atoms with Crippen LogP contribution in [0.2, 0.25) is 0 Å². The minimum absolute atomic E-state index is 0.0624. The first-order chi connectivity index (χ1) is 9.45. The number of amides is 1. The predicted molar refractivity (Wildman–Crippen MR) is 83.0 cm³/mol. The van der Waals surface area contributed by atoms with E-state index in [9.17, 15) is 4.79 Å². The monoisotopic (exact) mass is 286 g/mol. The minimum atomic E-state index is -0.291. The lowest BCUT2D eigenvalue weighted by molar-refractivity contribution is -0.120. The van der Waals surface area contributed by atoms with Gasteiger partial charge in [0.05, 0.1) is 12.1 Å². The molecule has 6 heteroatoms. The number of carbonyl (C=O) groups excluding carboxylic acids is 1. The third-order valence-corrected chi connectivity index (χ3v) is 2.73. The highest BCUT2D eigenvalue weighted by atomic mass is 16.5. The molecule has 0 bridgehead atoms. The Bertz CT molecular complexity index is 304. The summed E-state index contributed by atoms with van der Waals surface area (Å²) >= 11 is 0. The summed E-state index contributed by atoms with van der Waals surface area (Å²) < 4.78 is 5.33. The molecule has 0 aromatic heterocycles. The second-order valence-corrected chi connectivity index (χ2v) is 5.19. The van der Waals surface area contributed by atoms with Gasteiger partial charge in [-0.2, -0.15) is 0 Å². The molecular weight excluding hydrogens is 256 g/mol. The SMILES string of the molecule is CCCNC(=O)CCNC(=NCC(C)(C)OC)NCC. The number of carbonyl (C=O) groups is 1. The Morgan fingerprint density at radius 3 is 2.40 bits per heavy atom. The number of ether oxygens (including phenoxy) is 1. The van der Waals surface area contributed by atoms with E-state index in [4.69, 9.17) is 4.74 Å². The summed E-state index contributed by atoms with van der Waals surface area (Å²) in [7, 11) is 1.67. The third kappa shape index (κ3) is 9.61. The molecule has 1 amide bonds. The van der Waals surface area contributed by atoms with Gasteiger partial charge in [-0.1, -0.05) is 6.92 Å². The molecule has 0 aliphatic heterocycles. The lowest BCUT2D eigenvalue weighted by Gasteiger charge is -2.21. The summed E-state index contributed by atoms with van der Waals surface area (Å²) in [6, 6.07) is 0. The second kappa shape index (κ2) is 10.5. The fraction of sp³-hybridized carbons (Fsp3) is 0.857. The standard InChI is InChI=1S/C14H30N4O2/c1-6-9-16-12(19)8-10-17-13(15-7-2)18-11-14(3,4)20-5/h6-11H2,1-5H3,(H,16,19)(H2,15,17,18). The van der Waals surface area contributed by atoms with Crippen LogP contribution in [0.25, 0.3) is 0 Å². The number of guanidine groups is 1. The van der Waals surface area contributed by atoms with Gasteiger partial charge in [-0.3, -0.25) is 9.79 Å². The van der Waals surface area contributed by atoms with Crippen molar-refractivity contribution in [3.8, 4) is 0 Å². The first kappa shape index (κ1) is 18.7. The van der Waals surface area contributed by atoms with E-state index in [-0.39, 0.29) is 11.5 Å². The first-order valence-corrected chi connectivity index (χ1v) is 7.29. The molecule has 0 aromatic rings. The van der Waals surface area contributed by atoms with Crippen molar-refractivity contribution in [3.05, 3.63) is 0 Å². The third-order valence-electron chi connectivity index (χ3n) is 2.73. The molecule has 0 unspecified atom stereocenters. The molecule has 0 atom stereocenters. The quantitative estimate of drug-likeness (QED) is 0.434. The van der Waals surface area contributed by atoms with Gasteiger partial charge in [0.15, 0.2) is 5.96 Å². The maximum atomic E-state index is 11.5. The van der Waals surface area contributed by atoms with Gasteiger partial charge in [-0.15, -0.1) is 0 Å². The Labute approximate surface area is 122 Å². The average Bonchev–Trinajstić information content (AvgIpc) is 2.42. The molecule has 0 rings (SSSR count). The molecule has 0 saturated heterocycles. The van der Waals surface area contributed by atoms with Crippen molar-refractivity contribution >= 4 is 11.9 Å². The normalized spacial score (nSPS) is 12.2. The fourth-order valence-corrected chi connectivity index (χ4v) is 1.32. The summed E-state index contributed by atoms with van der Waals surface area (Å²) in [5.41, 5.74) is -0.291. The average molecular weight is 286 g/mol. The molecular formula is C14H30N4O2. The van der Waals surface area contributed by atoms with Gasteiger partial charge in [0.25, 0.3) is 0 Å². The van der Waals surface area contributed by atoms with Crippen molar-refractivity contribution in [1.82, 2.24) is 16.0 Å². The summed E-state index contributed by atoms with van der Waals surface area (Å²) in [5.74, 6) is 0.772. The van der Waals surface area contributed by atoms with Crippen LogP contribution in [0.5, 0.6) is 0 Å². The van der Waals surface area contributed by atoms with Gasteiger partial charge in [0.1, 0.15) is 0 Å². The van der Waals surface area contributed by atoms with Crippen LogP contribution in [0.4, 0.5) is 0 Å². The van der Waals surface area contributed by atoms with E-state index in [1.54, 1.807) is 7.11 Å². The molecule has 0 aliphatic carbocycles. The molecule has 0 radical (unpaired) electrons. The summed E-state index contributed by atoms with van der Waals surface area (Å²) in [5, 5.41) is 9.14. The molecule has 20 heavy (non-hydrogen) atoms. The zero-order valence-corrected chi connectivity index (χ0v) is 13.5. The number of nitrogens with zero attached hydrogens (tertiary/aromatic N) is 1. The zero-order chi connectivity index (χ0) is 15.4. The number of aliphatic imine (C=N–C) groups is 1. The van der Waals surface area contributed by atoms with Crippen LogP contribution >= 0.6 is 0 Å². The van der Waals surface area contributed by atoms with Crippen molar-refractivity contribution in [2.75, 3.05) is 33.3 Å². The molecule has 0 fully saturated rings. The van der Waals surface area contributed by atoms with E-state index < -0.39 is 0 Å². The minimum Gasteiger partial charge on any atom is -0.377 e. The Kier molecular flexibility index (Phi) is 9.80. The predicted octanol–water partition coefficient (Wildman–Crippen LogP) is 0.883. The second-order valence-electron chi connectivity index (χ2n) is 5.19. The molecule has 6 nitrogen and oxygen atoms in total.